The summed E-state index contributed by atoms with van der Waals surface area (Å²) in [5, 5.41) is 0. The van der Waals surface area contributed by atoms with E-state index in [0.717, 1.165) is 16.7 Å². The smallest absolute Gasteiger partial charge is 0.262 e. The summed E-state index contributed by atoms with van der Waals surface area (Å²) in [4.78, 5) is 0.270. The third kappa shape index (κ3) is 3.25. The summed E-state index contributed by atoms with van der Waals surface area (Å²) in [5.41, 5.74) is 9.66. The van der Waals surface area contributed by atoms with E-state index in [1.165, 1.54) is 0 Å². The maximum atomic E-state index is 12.6. The third-order valence-electron chi connectivity index (χ3n) is 3.63. The highest BCUT2D eigenvalue weighted by Gasteiger charge is 2.18. The molecule has 0 aliphatic heterocycles. The van der Waals surface area contributed by atoms with Crippen molar-refractivity contribution in [2.45, 2.75) is 32.2 Å². The molecule has 0 atom stereocenters. The molecular formula is C16H20N2O2S. The van der Waals surface area contributed by atoms with E-state index in [-0.39, 0.29) is 4.90 Å². The predicted octanol–water partition coefficient (Wildman–Crippen LogP) is 2.87. The van der Waals surface area contributed by atoms with E-state index in [9.17, 15) is 8.42 Å². The third-order valence-corrected chi connectivity index (χ3v) is 5.13. The van der Waals surface area contributed by atoms with Gasteiger partial charge in [-0.1, -0.05) is 24.3 Å². The van der Waals surface area contributed by atoms with Gasteiger partial charge in [-0.2, -0.15) is 0 Å². The molecule has 0 radical (unpaired) electrons. The molecule has 2 aromatic carbocycles. The van der Waals surface area contributed by atoms with Crippen molar-refractivity contribution in [2.75, 3.05) is 4.72 Å². The Morgan fingerprint density at radius 3 is 2.43 bits per heavy atom. The normalized spacial score (nSPS) is 11.4. The lowest BCUT2D eigenvalue weighted by Crippen LogP contribution is -2.16. The second kappa shape index (κ2) is 5.87. The topological polar surface area (TPSA) is 72.2 Å². The first-order chi connectivity index (χ1) is 9.85. The van der Waals surface area contributed by atoms with E-state index in [4.69, 9.17) is 5.73 Å². The van der Waals surface area contributed by atoms with Gasteiger partial charge in [0, 0.05) is 6.54 Å². The van der Waals surface area contributed by atoms with Crippen molar-refractivity contribution >= 4 is 15.7 Å². The van der Waals surface area contributed by atoms with Crippen LogP contribution < -0.4 is 10.5 Å². The number of nitrogens with one attached hydrogen (secondary N) is 1. The highest BCUT2D eigenvalue weighted by molar-refractivity contribution is 7.92. The van der Waals surface area contributed by atoms with Crippen LogP contribution in [0.5, 0.6) is 0 Å². The van der Waals surface area contributed by atoms with Gasteiger partial charge in [-0.3, -0.25) is 4.72 Å². The lowest BCUT2D eigenvalue weighted by atomic mass is 10.1. The van der Waals surface area contributed by atoms with Gasteiger partial charge in [0.1, 0.15) is 0 Å². The average molecular weight is 304 g/mol. The summed E-state index contributed by atoms with van der Waals surface area (Å²) in [6, 6.07) is 10.8. The van der Waals surface area contributed by atoms with Crippen molar-refractivity contribution in [3.63, 3.8) is 0 Å². The molecule has 0 aromatic heterocycles. The van der Waals surface area contributed by atoms with Crippen molar-refractivity contribution in [1.82, 2.24) is 0 Å². The minimum atomic E-state index is -3.62. The first-order valence-electron chi connectivity index (χ1n) is 6.74. The Balaban J connectivity index is 2.46. The fourth-order valence-electron chi connectivity index (χ4n) is 2.12. The van der Waals surface area contributed by atoms with Crippen molar-refractivity contribution < 1.29 is 8.42 Å². The Kier molecular flexibility index (Phi) is 4.34. The van der Waals surface area contributed by atoms with Gasteiger partial charge < -0.3 is 5.73 Å². The Bertz CT molecular complexity index is 768. The van der Waals surface area contributed by atoms with Gasteiger partial charge in [0.2, 0.25) is 0 Å². The molecule has 0 saturated heterocycles. The van der Waals surface area contributed by atoms with Crippen LogP contribution in [0.25, 0.3) is 0 Å². The fraction of sp³-hybridized carbons (Fsp3) is 0.250. The molecule has 112 valence electrons. The van der Waals surface area contributed by atoms with Crippen molar-refractivity contribution in [2.24, 2.45) is 5.73 Å². The molecule has 0 spiro atoms. The maximum Gasteiger partial charge on any atom is 0.262 e. The van der Waals surface area contributed by atoms with Gasteiger partial charge in [0.25, 0.3) is 10.0 Å². The quantitative estimate of drug-likeness (QED) is 0.912. The molecule has 0 heterocycles. The zero-order chi connectivity index (χ0) is 15.6. The van der Waals surface area contributed by atoms with Crippen LogP contribution in [0, 0.1) is 20.8 Å². The molecule has 0 amide bonds. The number of aryl methyl sites for hydroxylation is 2. The molecule has 3 N–H and O–H groups in total. The fourth-order valence-corrected chi connectivity index (χ4v) is 3.54. The largest absolute Gasteiger partial charge is 0.326 e. The summed E-state index contributed by atoms with van der Waals surface area (Å²) in [6.45, 7) is 5.94. The minimum absolute atomic E-state index is 0.270. The monoisotopic (exact) mass is 304 g/mol. The summed E-state index contributed by atoms with van der Waals surface area (Å²) < 4.78 is 27.9. The molecule has 5 heteroatoms. The van der Waals surface area contributed by atoms with E-state index >= 15 is 0 Å². The Morgan fingerprint density at radius 1 is 1.05 bits per heavy atom. The molecule has 0 bridgehead atoms. The molecule has 4 nitrogen and oxygen atoms in total. The van der Waals surface area contributed by atoms with E-state index in [2.05, 4.69) is 4.72 Å². The molecule has 0 fully saturated rings. The van der Waals surface area contributed by atoms with Gasteiger partial charge in [0.15, 0.2) is 0 Å². The average Bonchev–Trinajstić information content (AvgIpc) is 2.44. The Hall–Kier alpha value is -1.85. The van der Waals surface area contributed by atoms with E-state index in [1.54, 1.807) is 25.1 Å². The van der Waals surface area contributed by atoms with Crippen LogP contribution in [-0.2, 0) is 16.6 Å². The van der Waals surface area contributed by atoms with E-state index in [0.29, 0.717) is 17.8 Å². The molecule has 2 rings (SSSR count). The molecule has 0 unspecified atom stereocenters. The zero-order valence-electron chi connectivity index (χ0n) is 12.5. The highest BCUT2D eigenvalue weighted by Crippen LogP contribution is 2.24. The van der Waals surface area contributed by atoms with Gasteiger partial charge >= 0.3 is 0 Å². The number of anilines is 1. The molecule has 2 aromatic rings. The first-order valence-corrected chi connectivity index (χ1v) is 8.22. The van der Waals surface area contributed by atoms with Crippen LogP contribution in [0.3, 0.4) is 0 Å². The molecule has 0 aliphatic carbocycles. The molecular weight excluding hydrogens is 284 g/mol. The second-order valence-corrected chi connectivity index (χ2v) is 6.81. The predicted molar refractivity (Wildman–Crippen MR) is 85.8 cm³/mol. The number of sulfonamides is 1. The van der Waals surface area contributed by atoms with E-state index < -0.39 is 10.0 Å². The number of benzene rings is 2. The summed E-state index contributed by atoms with van der Waals surface area (Å²) in [5.74, 6) is 0. The highest BCUT2D eigenvalue weighted by atomic mass is 32.2. The SMILES string of the molecule is Cc1ccc(CN)cc1S(=O)(=O)Nc1cccc(C)c1C. The lowest BCUT2D eigenvalue weighted by molar-refractivity contribution is 0.600. The molecule has 21 heavy (non-hydrogen) atoms. The van der Waals surface area contributed by atoms with E-state index in [1.807, 2.05) is 32.0 Å². The molecule has 0 saturated carbocycles. The van der Waals surface area contributed by atoms with Gasteiger partial charge in [-0.15, -0.1) is 0 Å². The lowest BCUT2D eigenvalue weighted by Gasteiger charge is -2.14. The summed E-state index contributed by atoms with van der Waals surface area (Å²) in [7, 11) is -3.62. The standard InChI is InChI=1S/C16H20N2O2S/c1-11-5-4-6-15(13(11)3)18-21(19,20)16-9-14(10-17)8-7-12(16)2/h4-9,18H,10,17H2,1-3H3. The summed E-state index contributed by atoms with van der Waals surface area (Å²) >= 11 is 0. The maximum absolute atomic E-state index is 12.6. The van der Waals surface area contributed by atoms with Gasteiger partial charge in [-0.05, 0) is 55.2 Å². The van der Waals surface area contributed by atoms with Crippen molar-refractivity contribution in [3.8, 4) is 0 Å². The van der Waals surface area contributed by atoms with Crippen LogP contribution in [0.1, 0.15) is 22.3 Å². The van der Waals surface area contributed by atoms with Crippen LogP contribution in [0.4, 0.5) is 5.69 Å². The van der Waals surface area contributed by atoms with Crippen LogP contribution in [0.2, 0.25) is 0 Å². The zero-order valence-corrected chi connectivity index (χ0v) is 13.3. The number of nitrogens with two attached hydrogens (primary N) is 1. The number of hydrogen-bond donors (Lipinski definition) is 2. The van der Waals surface area contributed by atoms with Gasteiger partial charge in [0.05, 0.1) is 10.6 Å². The minimum Gasteiger partial charge on any atom is -0.326 e. The Morgan fingerprint density at radius 2 is 1.76 bits per heavy atom. The van der Waals surface area contributed by atoms with Crippen LogP contribution in [-0.4, -0.2) is 8.42 Å². The second-order valence-electron chi connectivity index (χ2n) is 5.16. The Labute approximate surface area is 126 Å². The molecule has 0 aliphatic rings. The van der Waals surface area contributed by atoms with Crippen LogP contribution >= 0.6 is 0 Å². The number of rotatable bonds is 4. The first kappa shape index (κ1) is 15.5. The van der Waals surface area contributed by atoms with Crippen molar-refractivity contribution in [1.29, 1.82) is 0 Å². The summed E-state index contributed by atoms with van der Waals surface area (Å²) in [6.07, 6.45) is 0. The van der Waals surface area contributed by atoms with Crippen molar-refractivity contribution in [3.05, 3.63) is 58.7 Å². The van der Waals surface area contributed by atoms with Gasteiger partial charge in [-0.25, -0.2) is 8.42 Å². The van der Waals surface area contributed by atoms with Crippen LogP contribution in [0.15, 0.2) is 41.3 Å². The number of hydrogen-bond acceptors (Lipinski definition) is 3.